The number of esters is 2. The van der Waals surface area contributed by atoms with E-state index in [0.717, 1.165) is 13.2 Å². The van der Waals surface area contributed by atoms with Crippen molar-refractivity contribution in [2.75, 3.05) is 7.11 Å². The minimum Gasteiger partial charge on any atom is -0.466 e. The number of H-pyrrole nitrogens is 1. The summed E-state index contributed by atoms with van der Waals surface area (Å²) in [6.45, 7) is 0. The van der Waals surface area contributed by atoms with Gasteiger partial charge in [0.15, 0.2) is 0 Å². The number of methoxy groups -OCH3 is 1. The van der Waals surface area contributed by atoms with Crippen molar-refractivity contribution in [3.05, 3.63) is 64.7 Å². The van der Waals surface area contributed by atoms with Crippen molar-refractivity contribution in [2.45, 2.75) is 6.10 Å². The van der Waals surface area contributed by atoms with E-state index in [1.54, 1.807) is 18.3 Å². The van der Waals surface area contributed by atoms with Crippen molar-refractivity contribution in [2.24, 2.45) is 0 Å². The number of hydrogen-bond acceptors (Lipinski definition) is 5. The summed E-state index contributed by atoms with van der Waals surface area (Å²) in [5.41, 5.74) is 0.870. The highest BCUT2D eigenvalue weighted by Crippen LogP contribution is 2.25. The molecule has 25 heavy (non-hydrogen) atoms. The number of aromatic amines is 1. The zero-order valence-electron chi connectivity index (χ0n) is 13.0. The molecule has 1 aromatic carbocycles. The van der Waals surface area contributed by atoms with Gasteiger partial charge in [-0.05, 0) is 24.3 Å². The number of rotatable bonds is 4. The van der Waals surface area contributed by atoms with E-state index in [9.17, 15) is 14.0 Å². The van der Waals surface area contributed by atoms with Crippen LogP contribution in [0.3, 0.4) is 0 Å². The second-order valence-corrected chi connectivity index (χ2v) is 5.53. The van der Waals surface area contributed by atoms with Gasteiger partial charge >= 0.3 is 11.9 Å². The third kappa shape index (κ3) is 3.46. The molecule has 0 aliphatic carbocycles. The molecule has 0 saturated carbocycles. The second-order valence-electron chi connectivity index (χ2n) is 5.12. The molecule has 1 N–H and O–H groups in total. The van der Waals surface area contributed by atoms with Gasteiger partial charge in [-0.2, -0.15) is 0 Å². The Hall–Kier alpha value is -2.93. The summed E-state index contributed by atoms with van der Waals surface area (Å²) in [6, 6.07) is 6.98. The number of aromatic nitrogens is 2. The minimum absolute atomic E-state index is 0.109. The molecule has 0 amide bonds. The number of benzene rings is 1. The Bertz CT molecular complexity index is 957. The van der Waals surface area contributed by atoms with Crippen molar-refractivity contribution < 1.29 is 23.5 Å². The number of carbonyl (C=O) groups excluding carboxylic acids is 2. The van der Waals surface area contributed by atoms with Crippen LogP contribution in [0.5, 0.6) is 0 Å². The maximum absolute atomic E-state index is 13.7. The molecule has 0 aliphatic rings. The van der Waals surface area contributed by atoms with Crippen LogP contribution in [0.4, 0.5) is 4.39 Å². The first-order chi connectivity index (χ1) is 12.0. The van der Waals surface area contributed by atoms with Gasteiger partial charge in [-0.15, -0.1) is 0 Å². The number of pyridine rings is 1. The van der Waals surface area contributed by atoms with Gasteiger partial charge in [-0.25, -0.2) is 19.0 Å². The zero-order valence-corrected chi connectivity index (χ0v) is 13.7. The highest BCUT2D eigenvalue weighted by Gasteiger charge is 2.27. The van der Waals surface area contributed by atoms with Crippen LogP contribution in [0, 0.1) is 5.82 Å². The van der Waals surface area contributed by atoms with Crippen LogP contribution in [0.1, 0.15) is 22.0 Å². The predicted molar refractivity (Wildman–Crippen MR) is 87.7 cm³/mol. The third-order valence-corrected chi connectivity index (χ3v) is 3.83. The standard InChI is InChI=1S/C17H12ClFN2O4/c1-24-17(23)14(9-2-3-12(18)13(19)7-9)25-16(22)11-6-10-4-5-20-15(10)21-8-11/h2-8,14H,1H3,(H,20,21). The van der Waals surface area contributed by atoms with Crippen LogP contribution in [0.15, 0.2) is 42.7 Å². The first-order valence-electron chi connectivity index (χ1n) is 7.16. The Morgan fingerprint density at radius 2 is 2.08 bits per heavy atom. The van der Waals surface area contributed by atoms with E-state index < -0.39 is 23.9 Å². The molecule has 2 aromatic heterocycles. The predicted octanol–water partition coefficient (Wildman–Crippen LogP) is 3.43. The lowest BCUT2D eigenvalue weighted by Gasteiger charge is -2.16. The van der Waals surface area contributed by atoms with E-state index in [2.05, 4.69) is 14.7 Å². The van der Waals surface area contributed by atoms with Gasteiger partial charge in [0.2, 0.25) is 6.10 Å². The van der Waals surface area contributed by atoms with Crippen LogP contribution in [-0.2, 0) is 14.3 Å². The molecule has 3 rings (SSSR count). The molecule has 6 nitrogen and oxygen atoms in total. The van der Waals surface area contributed by atoms with Crippen molar-refractivity contribution in [3.8, 4) is 0 Å². The molecule has 0 spiro atoms. The number of carbonyl (C=O) groups is 2. The molecule has 8 heteroatoms. The van der Waals surface area contributed by atoms with Gasteiger partial charge in [-0.1, -0.05) is 17.7 Å². The van der Waals surface area contributed by atoms with Crippen LogP contribution in [0.25, 0.3) is 11.0 Å². The van der Waals surface area contributed by atoms with E-state index >= 15 is 0 Å². The quantitative estimate of drug-likeness (QED) is 0.719. The lowest BCUT2D eigenvalue weighted by atomic mass is 10.1. The largest absolute Gasteiger partial charge is 0.466 e. The monoisotopic (exact) mass is 362 g/mol. The van der Waals surface area contributed by atoms with Crippen molar-refractivity contribution in [1.29, 1.82) is 0 Å². The van der Waals surface area contributed by atoms with Gasteiger partial charge < -0.3 is 14.5 Å². The molecule has 0 fully saturated rings. The van der Waals surface area contributed by atoms with Gasteiger partial charge in [-0.3, -0.25) is 0 Å². The Morgan fingerprint density at radius 1 is 1.28 bits per heavy atom. The van der Waals surface area contributed by atoms with Gasteiger partial charge in [0.1, 0.15) is 11.5 Å². The highest BCUT2D eigenvalue weighted by molar-refractivity contribution is 6.30. The average Bonchev–Trinajstić information content (AvgIpc) is 3.09. The summed E-state index contributed by atoms with van der Waals surface area (Å²) in [7, 11) is 1.14. The normalized spacial score (nSPS) is 12.0. The molecule has 2 heterocycles. The Balaban J connectivity index is 1.90. The topological polar surface area (TPSA) is 81.3 Å². The summed E-state index contributed by atoms with van der Waals surface area (Å²) in [5.74, 6) is -2.37. The maximum atomic E-state index is 13.7. The Morgan fingerprint density at radius 3 is 2.80 bits per heavy atom. The molecule has 128 valence electrons. The summed E-state index contributed by atoms with van der Waals surface area (Å²) in [6.07, 6.45) is 1.57. The van der Waals surface area contributed by atoms with Gasteiger partial charge in [0, 0.05) is 23.3 Å². The molecule has 3 aromatic rings. The third-order valence-electron chi connectivity index (χ3n) is 3.52. The Kier molecular flexibility index (Phi) is 4.67. The molecule has 0 radical (unpaired) electrons. The number of nitrogens with one attached hydrogen (secondary N) is 1. The maximum Gasteiger partial charge on any atom is 0.351 e. The molecule has 0 saturated heterocycles. The number of fused-ring (bicyclic) bond motifs is 1. The lowest BCUT2D eigenvalue weighted by molar-refractivity contribution is -0.151. The van der Waals surface area contributed by atoms with E-state index in [1.807, 2.05) is 0 Å². The van der Waals surface area contributed by atoms with E-state index in [1.165, 1.54) is 18.3 Å². The van der Waals surface area contributed by atoms with Crippen LogP contribution < -0.4 is 0 Å². The summed E-state index contributed by atoms with van der Waals surface area (Å²) < 4.78 is 23.5. The minimum atomic E-state index is -1.42. The molecule has 1 atom stereocenters. The van der Waals surface area contributed by atoms with Gasteiger partial charge in [0.25, 0.3) is 0 Å². The molecular weight excluding hydrogens is 351 g/mol. The Labute approximate surface area is 146 Å². The smallest absolute Gasteiger partial charge is 0.351 e. The molecule has 0 bridgehead atoms. The fourth-order valence-corrected chi connectivity index (χ4v) is 2.38. The van der Waals surface area contributed by atoms with Crippen molar-refractivity contribution in [3.63, 3.8) is 0 Å². The number of halogens is 2. The summed E-state index contributed by atoms with van der Waals surface area (Å²) >= 11 is 5.63. The summed E-state index contributed by atoms with van der Waals surface area (Å²) in [4.78, 5) is 31.3. The SMILES string of the molecule is COC(=O)C(OC(=O)c1cnc2[nH]ccc2c1)c1ccc(Cl)c(F)c1. The molecule has 0 aliphatic heterocycles. The lowest BCUT2D eigenvalue weighted by Crippen LogP contribution is -2.21. The van der Waals surface area contributed by atoms with E-state index in [4.69, 9.17) is 16.3 Å². The number of ether oxygens (including phenoxy) is 2. The van der Waals surface area contributed by atoms with Crippen LogP contribution in [-0.4, -0.2) is 29.0 Å². The van der Waals surface area contributed by atoms with Crippen LogP contribution >= 0.6 is 11.6 Å². The first-order valence-corrected chi connectivity index (χ1v) is 7.54. The van der Waals surface area contributed by atoms with Crippen molar-refractivity contribution in [1.82, 2.24) is 9.97 Å². The van der Waals surface area contributed by atoms with Gasteiger partial charge in [0.05, 0.1) is 17.7 Å². The summed E-state index contributed by atoms with van der Waals surface area (Å²) in [5, 5.41) is 0.599. The van der Waals surface area contributed by atoms with E-state index in [-0.39, 0.29) is 16.1 Å². The fraction of sp³-hybridized carbons (Fsp3) is 0.118. The van der Waals surface area contributed by atoms with E-state index in [0.29, 0.717) is 11.0 Å². The second kappa shape index (κ2) is 6.90. The first kappa shape index (κ1) is 16.9. The number of nitrogens with zero attached hydrogens (tertiary/aromatic N) is 1. The highest BCUT2D eigenvalue weighted by atomic mass is 35.5. The fourth-order valence-electron chi connectivity index (χ4n) is 2.26. The molecular formula is C17H12ClFN2O4. The zero-order chi connectivity index (χ0) is 18.0. The molecule has 1 unspecified atom stereocenters. The van der Waals surface area contributed by atoms with Crippen molar-refractivity contribution >= 4 is 34.6 Å². The average molecular weight is 363 g/mol. The van der Waals surface area contributed by atoms with Crippen LogP contribution in [0.2, 0.25) is 5.02 Å². The number of hydrogen-bond donors (Lipinski definition) is 1.